The normalized spacial score (nSPS) is 12.7. The summed E-state index contributed by atoms with van der Waals surface area (Å²) in [5.74, 6) is 4.48. The first-order valence-corrected chi connectivity index (χ1v) is 6.00. The number of halogens is 2. The molecule has 0 fully saturated rings. The smallest absolute Gasteiger partial charge is 0.128 e. The molecule has 0 radical (unpaired) electrons. The quantitative estimate of drug-likeness (QED) is 0.655. The number of aromatic nitrogens is 2. The highest BCUT2D eigenvalue weighted by Gasteiger charge is 2.21. The maximum Gasteiger partial charge on any atom is 0.128 e. The monoisotopic (exact) mass is 266 g/mol. The Morgan fingerprint density at radius 2 is 2.11 bits per heavy atom. The average Bonchev–Trinajstić information content (AvgIpc) is 2.76. The molecule has 1 unspecified atom stereocenters. The molecule has 3 N–H and O–H groups in total. The predicted octanol–water partition coefficient (Wildman–Crippen LogP) is 1.81. The Morgan fingerprint density at radius 3 is 2.68 bits per heavy atom. The van der Waals surface area contributed by atoms with E-state index in [0.29, 0.717) is 5.69 Å². The summed E-state index contributed by atoms with van der Waals surface area (Å²) in [4.78, 5) is 0. The van der Waals surface area contributed by atoms with Crippen molar-refractivity contribution < 1.29 is 8.78 Å². The number of hydrazine groups is 1. The van der Waals surface area contributed by atoms with Gasteiger partial charge >= 0.3 is 0 Å². The van der Waals surface area contributed by atoms with Crippen LogP contribution in [0.15, 0.2) is 24.3 Å². The van der Waals surface area contributed by atoms with Crippen LogP contribution in [0.5, 0.6) is 0 Å². The highest BCUT2D eigenvalue weighted by Crippen LogP contribution is 2.25. The van der Waals surface area contributed by atoms with Gasteiger partial charge < -0.3 is 0 Å². The molecule has 1 heterocycles. The second-order valence-corrected chi connectivity index (χ2v) is 4.30. The first-order valence-electron chi connectivity index (χ1n) is 6.00. The fourth-order valence-corrected chi connectivity index (χ4v) is 2.06. The van der Waals surface area contributed by atoms with E-state index >= 15 is 0 Å². The zero-order valence-electron chi connectivity index (χ0n) is 10.8. The molecule has 0 spiro atoms. The van der Waals surface area contributed by atoms with E-state index in [2.05, 4.69) is 10.5 Å². The third-order valence-corrected chi connectivity index (χ3v) is 3.06. The second kappa shape index (κ2) is 5.46. The molecule has 19 heavy (non-hydrogen) atoms. The van der Waals surface area contributed by atoms with Gasteiger partial charge in [-0.15, -0.1) is 0 Å². The number of aryl methyl sites for hydroxylation is 2. The van der Waals surface area contributed by atoms with Gasteiger partial charge in [-0.05, 0) is 30.7 Å². The van der Waals surface area contributed by atoms with Gasteiger partial charge in [0.05, 0.1) is 17.4 Å². The third kappa shape index (κ3) is 2.64. The van der Waals surface area contributed by atoms with E-state index in [0.717, 1.165) is 30.3 Å². The molecule has 0 amide bonds. The van der Waals surface area contributed by atoms with Crippen molar-refractivity contribution in [1.29, 1.82) is 0 Å². The Morgan fingerprint density at radius 1 is 1.37 bits per heavy atom. The van der Waals surface area contributed by atoms with Crippen LogP contribution in [0.3, 0.4) is 0 Å². The van der Waals surface area contributed by atoms with Crippen molar-refractivity contribution in [1.82, 2.24) is 15.2 Å². The Labute approximate surface area is 110 Å². The van der Waals surface area contributed by atoms with Crippen LogP contribution in [0.4, 0.5) is 8.78 Å². The SMILES string of the molecule is CCc1cc(C(NN)c2cc(F)ccc2F)n(C)n1. The molecular weight excluding hydrogens is 250 g/mol. The van der Waals surface area contributed by atoms with Crippen molar-refractivity contribution in [2.24, 2.45) is 12.9 Å². The number of rotatable bonds is 4. The van der Waals surface area contributed by atoms with Gasteiger partial charge in [-0.1, -0.05) is 6.92 Å². The lowest BCUT2D eigenvalue weighted by molar-refractivity contribution is 0.523. The molecule has 2 rings (SSSR count). The molecule has 4 nitrogen and oxygen atoms in total. The topological polar surface area (TPSA) is 55.9 Å². The van der Waals surface area contributed by atoms with Gasteiger partial charge in [0, 0.05) is 12.6 Å². The van der Waals surface area contributed by atoms with Gasteiger partial charge in [0.2, 0.25) is 0 Å². The second-order valence-electron chi connectivity index (χ2n) is 4.30. The summed E-state index contributed by atoms with van der Waals surface area (Å²) in [6.45, 7) is 1.97. The number of nitrogens with two attached hydrogens (primary N) is 1. The van der Waals surface area contributed by atoms with Crippen LogP contribution in [0, 0.1) is 11.6 Å². The minimum absolute atomic E-state index is 0.160. The van der Waals surface area contributed by atoms with E-state index in [1.165, 1.54) is 0 Å². The van der Waals surface area contributed by atoms with Crippen molar-refractivity contribution in [3.05, 3.63) is 52.9 Å². The Hall–Kier alpha value is -1.79. The van der Waals surface area contributed by atoms with Crippen LogP contribution >= 0.6 is 0 Å². The lowest BCUT2D eigenvalue weighted by Crippen LogP contribution is -2.31. The van der Waals surface area contributed by atoms with E-state index < -0.39 is 17.7 Å². The summed E-state index contributed by atoms with van der Waals surface area (Å²) in [5.41, 5.74) is 4.23. The Bertz CT molecular complexity index is 580. The van der Waals surface area contributed by atoms with Crippen LogP contribution in [-0.4, -0.2) is 9.78 Å². The van der Waals surface area contributed by atoms with E-state index in [-0.39, 0.29) is 5.56 Å². The van der Waals surface area contributed by atoms with Gasteiger partial charge in [-0.2, -0.15) is 5.10 Å². The molecule has 0 aliphatic rings. The summed E-state index contributed by atoms with van der Waals surface area (Å²) in [7, 11) is 1.75. The van der Waals surface area contributed by atoms with E-state index in [4.69, 9.17) is 5.84 Å². The molecule has 0 saturated carbocycles. The maximum atomic E-state index is 13.8. The van der Waals surface area contributed by atoms with E-state index in [9.17, 15) is 8.78 Å². The molecular formula is C13H16F2N4. The van der Waals surface area contributed by atoms with Gasteiger partial charge in [-0.25, -0.2) is 14.2 Å². The van der Waals surface area contributed by atoms with Gasteiger partial charge in [0.25, 0.3) is 0 Å². The lowest BCUT2D eigenvalue weighted by Gasteiger charge is -2.17. The van der Waals surface area contributed by atoms with Crippen LogP contribution in [-0.2, 0) is 13.5 Å². The van der Waals surface area contributed by atoms with E-state index in [1.54, 1.807) is 11.7 Å². The molecule has 2 aromatic rings. The number of hydrogen-bond acceptors (Lipinski definition) is 3. The summed E-state index contributed by atoms with van der Waals surface area (Å²) in [6, 6.07) is 4.49. The fourth-order valence-electron chi connectivity index (χ4n) is 2.06. The Balaban J connectivity index is 2.49. The zero-order valence-corrected chi connectivity index (χ0v) is 10.8. The average molecular weight is 266 g/mol. The number of benzene rings is 1. The number of nitrogens with one attached hydrogen (secondary N) is 1. The molecule has 0 bridgehead atoms. The molecule has 0 saturated heterocycles. The minimum atomic E-state index is -0.645. The summed E-state index contributed by atoms with van der Waals surface area (Å²) in [6.07, 6.45) is 0.761. The molecule has 0 aliphatic carbocycles. The Kier molecular flexibility index (Phi) is 3.92. The molecule has 1 aromatic heterocycles. The van der Waals surface area contributed by atoms with Crippen LogP contribution < -0.4 is 11.3 Å². The minimum Gasteiger partial charge on any atom is -0.271 e. The third-order valence-electron chi connectivity index (χ3n) is 3.06. The molecule has 6 heteroatoms. The first kappa shape index (κ1) is 13.6. The standard InChI is InChI=1S/C13H16F2N4/c1-3-9-7-12(19(2)18-9)13(17-16)10-6-8(14)4-5-11(10)15/h4-7,13,17H,3,16H2,1-2H3. The summed E-state index contributed by atoms with van der Waals surface area (Å²) >= 11 is 0. The predicted molar refractivity (Wildman–Crippen MR) is 68.1 cm³/mol. The lowest BCUT2D eigenvalue weighted by atomic mass is 10.0. The van der Waals surface area contributed by atoms with Crippen molar-refractivity contribution in [3.8, 4) is 0 Å². The van der Waals surface area contributed by atoms with Crippen LogP contribution in [0.25, 0.3) is 0 Å². The van der Waals surface area contributed by atoms with Crippen molar-refractivity contribution in [2.45, 2.75) is 19.4 Å². The largest absolute Gasteiger partial charge is 0.271 e. The van der Waals surface area contributed by atoms with Crippen LogP contribution in [0.1, 0.15) is 29.9 Å². The molecule has 1 atom stereocenters. The van der Waals surface area contributed by atoms with Gasteiger partial charge in [0.1, 0.15) is 11.6 Å². The van der Waals surface area contributed by atoms with Crippen molar-refractivity contribution in [2.75, 3.05) is 0 Å². The molecule has 0 aliphatic heterocycles. The zero-order chi connectivity index (χ0) is 14.0. The number of hydrogen-bond donors (Lipinski definition) is 2. The summed E-state index contributed by atoms with van der Waals surface area (Å²) < 4.78 is 28.7. The van der Waals surface area contributed by atoms with Gasteiger partial charge in [0.15, 0.2) is 0 Å². The maximum absolute atomic E-state index is 13.8. The molecule has 1 aromatic carbocycles. The first-order chi connectivity index (χ1) is 9.06. The highest BCUT2D eigenvalue weighted by molar-refractivity contribution is 5.30. The highest BCUT2D eigenvalue weighted by atomic mass is 19.1. The van der Waals surface area contributed by atoms with Gasteiger partial charge in [-0.3, -0.25) is 10.5 Å². The fraction of sp³-hybridized carbons (Fsp3) is 0.308. The summed E-state index contributed by atoms with van der Waals surface area (Å²) in [5, 5.41) is 4.28. The number of nitrogens with zero attached hydrogens (tertiary/aromatic N) is 2. The van der Waals surface area contributed by atoms with Crippen molar-refractivity contribution >= 4 is 0 Å². The van der Waals surface area contributed by atoms with Crippen molar-refractivity contribution in [3.63, 3.8) is 0 Å². The molecule has 102 valence electrons. The van der Waals surface area contributed by atoms with Crippen LogP contribution in [0.2, 0.25) is 0 Å². The van der Waals surface area contributed by atoms with E-state index in [1.807, 2.05) is 13.0 Å².